The van der Waals surface area contributed by atoms with E-state index in [9.17, 15) is 4.79 Å². The Labute approximate surface area is 143 Å². The van der Waals surface area contributed by atoms with E-state index in [0.717, 1.165) is 17.0 Å². The van der Waals surface area contributed by atoms with E-state index in [1.165, 1.54) is 0 Å². The standard InChI is InChI=1S/C19H24N2O3/c1-13(2)24-18-8-6-5-7-15(18)20-12-19(22)21-16-11-14(3)9-10-17(16)23-4/h5-11,13,20H,12H2,1-4H3,(H,21,22). The van der Waals surface area contributed by atoms with Crippen LogP contribution in [0.3, 0.4) is 0 Å². The Kier molecular flexibility index (Phi) is 6.07. The van der Waals surface area contributed by atoms with Gasteiger partial charge in [-0.25, -0.2) is 0 Å². The molecule has 0 aromatic heterocycles. The minimum atomic E-state index is -0.154. The number of rotatable bonds is 7. The molecule has 0 atom stereocenters. The highest BCUT2D eigenvalue weighted by molar-refractivity contribution is 5.95. The van der Waals surface area contributed by atoms with Crippen LogP contribution in [0.2, 0.25) is 0 Å². The van der Waals surface area contributed by atoms with Gasteiger partial charge in [0, 0.05) is 0 Å². The maximum atomic E-state index is 12.2. The zero-order chi connectivity index (χ0) is 17.5. The van der Waals surface area contributed by atoms with Crippen LogP contribution in [0.5, 0.6) is 11.5 Å². The van der Waals surface area contributed by atoms with Crippen molar-refractivity contribution < 1.29 is 14.3 Å². The Hall–Kier alpha value is -2.69. The molecule has 5 nitrogen and oxygen atoms in total. The molecule has 0 radical (unpaired) electrons. The number of hydrogen-bond acceptors (Lipinski definition) is 4. The summed E-state index contributed by atoms with van der Waals surface area (Å²) in [6, 6.07) is 13.2. The summed E-state index contributed by atoms with van der Waals surface area (Å²) in [5, 5.41) is 5.98. The minimum absolute atomic E-state index is 0.0679. The van der Waals surface area contributed by atoms with Crippen LogP contribution in [0.4, 0.5) is 11.4 Å². The minimum Gasteiger partial charge on any atom is -0.495 e. The Morgan fingerprint density at radius 1 is 1.08 bits per heavy atom. The molecule has 0 aliphatic carbocycles. The van der Waals surface area contributed by atoms with Gasteiger partial charge in [0.05, 0.1) is 31.1 Å². The van der Waals surface area contributed by atoms with Gasteiger partial charge < -0.3 is 20.1 Å². The van der Waals surface area contributed by atoms with Crippen LogP contribution in [0, 0.1) is 6.92 Å². The molecule has 0 heterocycles. The highest BCUT2D eigenvalue weighted by Crippen LogP contribution is 2.26. The van der Waals surface area contributed by atoms with E-state index in [1.54, 1.807) is 7.11 Å². The molecule has 0 saturated heterocycles. The Balaban J connectivity index is 2.00. The van der Waals surface area contributed by atoms with Gasteiger partial charge in [0.25, 0.3) is 0 Å². The van der Waals surface area contributed by atoms with Gasteiger partial charge in [0.15, 0.2) is 0 Å². The van der Waals surface area contributed by atoms with Gasteiger partial charge in [-0.15, -0.1) is 0 Å². The van der Waals surface area contributed by atoms with Crippen molar-refractivity contribution >= 4 is 17.3 Å². The van der Waals surface area contributed by atoms with E-state index in [1.807, 2.05) is 63.2 Å². The lowest BCUT2D eigenvalue weighted by molar-refractivity contribution is -0.114. The lowest BCUT2D eigenvalue weighted by Crippen LogP contribution is -2.22. The molecular formula is C19H24N2O3. The molecule has 0 unspecified atom stereocenters. The number of nitrogens with one attached hydrogen (secondary N) is 2. The molecule has 2 N–H and O–H groups in total. The van der Waals surface area contributed by atoms with Crippen LogP contribution < -0.4 is 20.1 Å². The molecule has 2 aromatic rings. The van der Waals surface area contributed by atoms with Crippen molar-refractivity contribution in [1.82, 2.24) is 0 Å². The van der Waals surface area contributed by atoms with E-state index in [0.29, 0.717) is 11.4 Å². The van der Waals surface area contributed by atoms with E-state index in [2.05, 4.69) is 10.6 Å². The summed E-state index contributed by atoms with van der Waals surface area (Å²) in [6.07, 6.45) is 0.0679. The first-order chi connectivity index (χ1) is 11.5. The van der Waals surface area contributed by atoms with Crippen molar-refractivity contribution in [3.8, 4) is 11.5 Å². The Morgan fingerprint density at radius 3 is 2.54 bits per heavy atom. The Morgan fingerprint density at radius 2 is 1.83 bits per heavy atom. The number of aryl methyl sites for hydroxylation is 1. The van der Waals surface area contributed by atoms with Crippen molar-refractivity contribution in [2.45, 2.75) is 26.9 Å². The monoisotopic (exact) mass is 328 g/mol. The third-order valence-electron chi connectivity index (χ3n) is 3.32. The fraction of sp³-hybridized carbons (Fsp3) is 0.316. The predicted octanol–water partition coefficient (Wildman–Crippen LogP) is 3.84. The third-order valence-corrected chi connectivity index (χ3v) is 3.32. The maximum absolute atomic E-state index is 12.2. The zero-order valence-electron chi connectivity index (χ0n) is 14.6. The van der Waals surface area contributed by atoms with Crippen molar-refractivity contribution in [1.29, 1.82) is 0 Å². The molecule has 5 heteroatoms. The van der Waals surface area contributed by atoms with Gasteiger partial charge in [-0.05, 0) is 50.6 Å². The molecular weight excluding hydrogens is 304 g/mol. The van der Waals surface area contributed by atoms with Gasteiger partial charge in [0.1, 0.15) is 11.5 Å². The summed E-state index contributed by atoms with van der Waals surface area (Å²) >= 11 is 0. The second-order valence-corrected chi connectivity index (χ2v) is 5.77. The molecule has 0 fully saturated rings. The largest absolute Gasteiger partial charge is 0.495 e. The summed E-state index contributed by atoms with van der Waals surface area (Å²) in [5.74, 6) is 1.21. The normalized spacial score (nSPS) is 10.4. The van der Waals surface area contributed by atoms with Crippen molar-refractivity contribution in [2.24, 2.45) is 0 Å². The summed E-state index contributed by atoms with van der Waals surface area (Å²) in [4.78, 5) is 12.2. The number of methoxy groups -OCH3 is 1. The average Bonchev–Trinajstić information content (AvgIpc) is 2.54. The molecule has 128 valence electrons. The molecule has 0 bridgehead atoms. The third kappa shape index (κ3) is 4.91. The zero-order valence-corrected chi connectivity index (χ0v) is 14.6. The van der Waals surface area contributed by atoms with E-state index < -0.39 is 0 Å². The Bertz CT molecular complexity index is 699. The highest BCUT2D eigenvalue weighted by Gasteiger charge is 2.10. The summed E-state index contributed by atoms with van der Waals surface area (Å²) < 4.78 is 11.0. The van der Waals surface area contributed by atoms with Crippen LogP contribution >= 0.6 is 0 Å². The first kappa shape index (κ1) is 17.7. The van der Waals surface area contributed by atoms with E-state index in [-0.39, 0.29) is 18.6 Å². The summed E-state index contributed by atoms with van der Waals surface area (Å²) in [5.41, 5.74) is 2.50. The van der Waals surface area contributed by atoms with Crippen LogP contribution in [-0.2, 0) is 4.79 Å². The summed E-state index contributed by atoms with van der Waals surface area (Å²) in [6.45, 7) is 6.03. The van der Waals surface area contributed by atoms with Gasteiger partial charge in [-0.2, -0.15) is 0 Å². The summed E-state index contributed by atoms with van der Waals surface area (Å²) in [7, 11) is 1.58. The number of amides is 1. The quantitative estimate of drug-likeness (QED) is 0.811. The number of hydrogen-bond donors (Lipinski definition) is 2. The maximum Gasteiger partial charge on any atom is 0.243 e. The van der Waals surface area contributed by atoms with Gasteiger partial charge >= 0.3 is 0 Å². The topological polar surface area (TPSA) is 59.6 Å². The van der Waals surface area contributed by atoms with E-state index >= 15 is 0 Å². The van der Waals surface area contributed by atoms with Crippen molar-refractivity contribution in [2.75, 3.05) is 24.3 Å². The molecule has 24 heavy (non-hydrogen) atoms. The predicted molar refractivity (Wildman–Crippen MR) is 97.1 cm³/mol. The molecule has 0 aliphatic rings. The van der Waals surface area contributed by atoms with E-state index in [4.69, 9.17) is 9.47 Å². The number of anilines is 2. The van der Waals surface area contributed by atoms with Gasteiger partial charge in [0.2, 0.25) is 5.91 Å². The smallest absolute Gasteiger partial charge is 0.243 e. The molecule has 0 spiro atoms. The number of carbonyl (C=O) groups excluding carboxylic acids is 1. The second-order valence-electron chi connectivity index (χ2n) is 5.77. The number of ether oxygens (including phenoxy) is 2. The van der Waals surface area contributed by atoms with Crippen LogP contribution in [0.15, 0.2) is 42.5 Å². The lowest BCUT2D eigenvalue weighted by Gasteiger charge is -2.16. The lowest BCUT2D eigenvalue weighted by atomic mass is 10.2. The molecule has 0 aliphatic heterocycles. The first-order valence-electron chi connectivity index (χ1n) is 7.93. The second kappa shape index (κ2) is 8.24. The molecule has 2 aromatic carbocycles. The van der Waals surface area contributed by atoms with Gasteiger partial charge in [-0.3, -0.25) is 4.79 Å². The van der Waals surface area contributed by atoms with Crippen molar-refractivity contribution in [3.63, 3.8) is 0 Å². The highest BCUT2D eigenvalue weighted by atomic mass is 16.5. The number of para-hydroxylation sites is 2. The van der Waals surface area contributed by atoms with Crippen LogP contribution in [-0.4, -0.2) is 25.7 Å². The van der Waals surface area contributed by atoms with Crippen LogP contribution in [0.25, 0.3) is 0 Å². The SMILES string of the molecule is COc1ccc(C)cc1NC(=O)CNc1ccccc1OC(C)C. The fourth-order valence-corrected chi connectivity index (χ4v) is 2.26. The number of carbonyl (C=O) groups is 1. The molecule has 0 saturated carbocycles. The fourth-order valence-electron chi connectivity index (χ4n) is 2.26. The number of benzene rings is 2. The van der Waals surface area contributed by atoms with Crippen LogP contribution in [0.1, 0.15) is 19.4 Å². The molecule has 2 rings (SSSR count). The van der Waals surface area contributed by atoms with Crippen molar-refractivity contribution in [3.05, 3.63) is 48.0 Å². The first-order valence-corrected chi connectivity index (χ1v) is 7.93. The van der Waals surface area contributed by atoms with Gasteiger partial charge in [-0.1, -0.05) is 18.2 Å². The average molecular weight is 328 g/mol. The molecule has 1 amide bonds.